The lowest BCUT2D eigenvalue weighted by Crippen LogP contribution is -2.51. The van der Waals surface area contributed by atoms with E-state index < -0.39 is 17.7 Å². The van der Waals surface area contributed by atoms with E-state index in [0.717, 1.165) is 63.6 Å². The van der Waals surface area contributed by atoms with E-state index in [1.807, 2.05) is 75.1 Å². The number of aromatic nitrogens is 4. The lowest BCUT2D eigenvalue weighted by atomic mass is 9.94. The maximum absolute atomic E-state index is 13.7. The van der Waals surface area contributed by atoms with Crippen molar-refractivity contribution >= 4 is 102 Å². The molecule has 3 aliphatic heterocycles. The van der Waals surface area contributed by atoms with Crippen LogP contribution in [-0.4, -0.2) is 85.2 Å². The Morgan fingerprint density at radius 3 is 2.18 bits per heavy atom. The molecule has 5 heterocycles. The number of likely N-dealkylation sites (tertiary alicyclic amines) is 2. The summed E-state index contributed by atoms with van der Waals surface area (Å²) in [5.41, 5.74) is 5.59. The summed E-state index contributed by atoms with van der Waals surface area (Å²) in [6, 6.07) is 12.7. The Bertz CT molecular complexity index is 2200. The monoisotopic (exact) mass is 932 g/mol. The fraction of sp³-hybridized carbons (Fsp3) is 0.488. The maximum atomic E-state index is 13.7. The Morgan fingerprint density at radius 2 is 1.56 bits per heavy atom. The quantitative estimate of drug-likeness (QED) is 0.153. The third-order valence-corrected chi connectivity index (χ3v) is 11.2. The number of imidazole rings is 2. The van der Waals surface area contributed by atoms with E-state index in [2.05, 4.69) is 51.1 Å². The number of H-pyrrole nitrogens is 2. The Hall–Kier alpha value is -3.89. The van der Waals surface area contributed by atoms with Crippen LogP contribution in [0.1, 0.15) is 110 Å². The minimum atomic E-state index is -0.687. The molecule has 0 aliphatic carbocycles. The normalized spacial score (nSPS) is 19.7. The van der Waals surface area contributed by atoms with Crippen molar-refractivity contribution in [2.75, 3.05) is 20.2 Å². The second-order valence-electron chi connectivity index (χ2n) is 15.9. The number of ether oxygens (including phenoxy) is 1. The van der Waals surface area contributed by atoms with Gasteiger partial charge in [-0.05, 0) is 67.5 Å². The molecular weight excluding hydrogens is 869 g/mol. The number of aromatic amines is 2. The van der Waals surface area contributed by atoms with Crippen molar-refractivity contribution in [2.45, 2.75) is 98.4 Å². The van der Waals surface area contributed by atoms with E-state index >= 15 is 0 Å². The fourth-order valence-electron chi connectivity index (χ4n) is 7.86. The van der Waals surface area contributed by atoms with Gasteiger partial charge >= 0.3 is 6.09 Å². The Kier molecular flexibility index (Phi) is 20.8. The third kappa shape index (κ3) is 11.8. The molecule has 0 radical (unpaired) electrons. The van der Waals surface area contributed by atoms with Crippen LogP contribution in [0.5, 0.6) is 0 Å². The van der Waals surface area contributed by atoms with Gasteiger partial charge < -0.3 is 34.7 Å². The smallest absolute Gasteiger partial charge is 0.407 e. The summed E-state index contributed by atoms with van der Waals surface area (Å²) >= 11 is 0. The Balaban J connectivity index is 0.00000310. The highest BCUT2D eigenvalue weighted by Crippen LogP contribution is 2.45. The molecule has 2 fully saturated rings. The van der Waals surface area contributed by atoms with Gasteiger partial charge in [0.1, 0.15) is 17.7 Å². The van der Waals surface area contributed by atoms with Crippen LogP contribution in [0.4, 0.5) is 4.79 Å². The number of nitrogens with zero attached hydrogens (tertiary/aromatic N) is 5. The molecule has 0 unspecified atom stereocenters. The van der Waals surface area contributed by atoms with E-state index in [4.69, 9.17) is 14.6 Å². The summed E-state index contributed by atoms with van der Waals surface area (Å²) in [6.07, 6.45) is 4.12. The van der Waals surface area contributed by atoms with E-state index in [9.17, 15) is 14.4 Å². The number of nitrogens with one attached hydrogen (secondary N) is 3. The molecule has 4 aromatic rings. The predicted molar refractivity (Wildman–Crippen MR) is 267 cm³/mol. The zero-order valence-corrected chi connectivity index (χ0v) is 40.1. The molecule has 7 rings (SSSR count). The first kappa shape index (κ1) is 55.1. The van der Waals surface area contributed by atoms with Gasteiger partial charge in [0.2, 0.25) is 11.8 Å². The number of methoxy groups -OCH3 is 1. The lowest BCUT2D eigenvalue weighted by molar-refractivity contribution is -0.138. The van der Waals surface area contributed by atoms with Gasteiger partial charge in [0.15, 0.2) is 5.60 Å². The lowest BCUT2D eigenvalue weighted by Gasteiger charge is -2.30. The summed E-state index contributed by atoms with van der Waals surface area (Å²) in [4.78, 5) is 65.4. The molecule has 13 nitrogen and oxygen atoms in total. The molecule has 2 aromatic heterocycles. The average Bonchev–Trinajstić information content (AvgIpc) is 4.02. The highest BCUT2D eigenvalue weighted by atomic mass is 32.1. The molecule has 3 amide bonds. The van der Waals surface area contributed by atoms with Crippen molar-refractivity contribution in [3.05, 3.63) is 71.4 Å². The zero-order chi connectivity index (χ0) is 39.0. The van der Waals surface area contributed by atoms with Gasteiger partial charge in [-0.15, -0.1) is 0 Å². The number of oxime groups is 1. The van der Waals surface area contributed by atoms with Crippen molar-refractivity contribution < 1.29 is 24.0 Å². The van der Waals surface area contributed by atoms with E-state index in [1.165, 1.54) is 7.11 Å². The molecule has 2 saturated heterocycles. The number of carbonyl (C=O) groups excluding carboxylic acids is 3. The minimum Gasteiger partial charge on any atom is -0.453 e. The number of benzene rings is 2. The van der Waals surface area contributed by atoms with Crippen LogP contribution in [0.3, 0.4) is 0 Å². The molecule has 3 N–H and O–H groups in total. The SMILES string of the molecule is C.COC(=O)N[C@H](C(=O)N1CCC[C@H]1c1ncc(-c2ccc(C#Cc3ccc4nc([C@@H]5C[C@]6(CC(C)=NO6)CN5C(=O)[C@@H](C)C(C)C)[nH]c4c3)cc2)[nH]1)C(C)C.S.S.S.S.S. The van der Waals surface area contributed by atoms with Crippen molar-refractivity contribution in [3.8, 4) is 23.1 Å². The average molecular weight is 933 g/mol. The molecule has 336 valence electrons. The van der Waals surface area contributed by atoms with Gasteiger partial charge in [0.05, 0.1) is 54.4 Å². The van der Waals surface area contributed by atoms with E-state index in [1.54, 1.807) is 11.1 Å². The first-order valence-corrected chi connectivity index (χ1v) is 19.2. The molecule has 2 aromatic carbocycles. The van der Waals surface area contributed by atoms with Crippen LogP contribution in [0.2, 0.25) is 0 Å². The summed E-state index contributed by atoms with van der Waals surface area (Å²) < 4.78 is 4.75. The van der Waals surface area contributed by atoms with Gasteiger partial charge in [-0.2, -0.15) is 67.5 Å². The maximum Gasteiger partial charge on any atom is 0.407 e. The van der Waals surface area contributed by atoms with Crippen LogP contribution < -0.4 is 5.32 Å². The zero-order valence-electron chi connectivity index (χ0n) is 35.1. The molecule has 18 heteroatoms. The van der Waals surface area contributed by atoms with Gasteiger partial charge in [0, 0.05) is 36.4 Å². The van der Waals surface area contributed by atoms with Crippen LogP contribution >= 0.6 is 67.5 Å². The van der Waals surface area contributed by atoms with Crippen molar-refractivity contribution in [3.63, 3.8) is 0 Å². The molecule has 5 atom stereocenters. The number of fused-ring (bicyclic) bond motifs is 1. The van der Waals surface area contributed by atoms with Gasteiger partial charge in [-0.1, -0.05) is 71.2 Å². The second-order valence-corrected chi connectivity index (χ2v) is 15.9. The number of hydrogen-bond acceptors (Lipinski definition) is 8. The van der Waals surface area contributed by atoms with Crippen LogP contribution in [0, 0.1) is 29.6 Å². The summed E-state index contributed by atoms with van der Waals surface area (Å²) in [5.74, 6) is 7.98. The standard InChI is InChI=1S/C42H50N8O5.CH4.5H2S/c1-24(2)27(6)39(51)50-23-42(20-26(5)48-55-42)21-35(50)38-44-31-17-14-29(19-32(31)45-38)11-10-28-12-15-30(16-13-28)33-22-43-37(46-33)34-9-8-18-49(34)40(52)36(25(3)4)47-41(53)54-7;;;;;;/h12-17,19,22,24-25,27,34-36H,8-9,18,20-21,23H2,1-7H3,(H,43,46)(H,44,45)(H,47,53);1H4;5*1H2/t27-,34-,35-,36-,42+;;;;;;/m0....../s1. The molecule has 0 bridgehead atoms. The number of alkyl carbamates (subject to hydrolysis) is 1. The van der Waals surface area contributed by atoms with E-state index in [0.29, 0.717) is 25.9 Å². The van der Waals surface area contributed by atoms with E-state index in [-0.39, 0.29) is 117 Å². The van der Waals surface area contributed by atoms with Gasteiger partial charge in [-0.25, -0.2) is 14.8 Å². The topological polar surface area (TPSA) is 158 Å². The highest BCUT2D eigenvalue weighted by Gasteiger charge is 2.52. The summed E-state index contributed by atoms with van der Waals surface area (Å²) in [5, 5.41) is 6.93. The largest absolute Gasteiger partial charge is 0.453 e. The number of hydrogen-bond donors (Lipinski definition) is 3. The second kappa shape index (κ2) is 23.0. The first-order chi connectivity index (χ1) is 26.3. The van der Waals surface area contributed by atoms with Crippen molar-refractivity contribution in [1.82, 2.24) is 35.1 Å². The molecule has 0 saturated carbocycles. The number of amides is 3. The first-order valence-electron chi connectivity index (χ1n) is 19.2. The van der Waals surface area contributed by atoms with Crippen LogP contribution in [-0.2, 0) is 19.2 Å². The molecule has 3 aliphatic rings. The fourth-order valence-corrected chi connectivity index (χ4v) is 7.86. The molecule has 61 heavy (non-hydrogen) atoms. The van der Waals surface area contributed by atoms with Crippen molar-refractivity contribution in [2.24, 2.45) is 22.9 Å². The van der Waals surface area contributed by atoms with Crippen LogP contribution in [0.25, 0.3) is 22.3 Å². The van der Waals surface area contributed by atoms with Crippen molar-refractivity contribution in [1.29, 1.82) is 0 Å². The highest BCUT2D eigenvalue weighted by molar-refractivity contribution is 7.60. The number of carbonyl (C=O) groups is 3. The summed E-state index contributed by atoms with van der Waals surface area (Å²) in [7, 11) is 1.29. The number of rotatable bonds is 8. The van der Waals surface area contributed by atoms with Gasteiger partial charge in [-0.3, -0.25) is 9.59 Å². The Labute approximate surface area is 395 Å². The minimum absolute atomic E-state index is 0. The summed E-state index contributed by atoms with van der Waals surface area (Å²) in [6.45, 7) is 13.0. The third-order valence-electron chi connectivity index (χ3n) is 11.2. The molecular formula is C43H64N8O5S5. The Morgan fingerprint density at radius 1 is 0.885 bits per heavy atom. The van der Waals surface area contributed by atoms with Crippen LogP contribution in [0.15, 0.2) is 53.8 Å². The predicted octanol–water partition coefficient (Wildman–Crippen LogP) is 7.70. The van der Waals surface area contributed by atoms with Gasteiger partial charge in [0.25, 0.3) is 0 Å². The molecule has 1 spiro atoms.